The molecule has 0 aliphatic carbocycles. The van der Waals surface area contributed by atoms with E-state index in [1.54, 1.807) is 6.20 Å². The Balaban J connectivity index is 1.85. The minimum absolute atomic E-state index is 0.464. The minimum atomic E-state index is -2.11. The molecular formula is C22H22FN3O3. The van der Waals surface area contributed by atoms with Crippen molar-refractivity contribution in [1.82, 2.24) is 14.5 Å². The van der Waals surface area contributed by atoms with Crippen LogP contribution in [0.2, 0.25) is 0 Å². The number of aliphatic hydroxyl groups excluding tert-OH is 2. The molecule has 1 aliphatic heterocycles. The van der Waals surface area contributed by atoms with Gasteiger partial charge >= 0.3 is 0 Å². The summed E-state index contributed by atoms with van der Waals surface area (Å²) in [5.74, 6) is 6.27. The van der Waals surface area contributed by atoms with Crippen molar-refractivity contribution in [3.05, 3.63) is 59.2 Å². The molecule has 7 heteroatoms. The Bertz CT molecular complexity index is 1130. The van der Waals surface area contributed by atoms with Crippen LogP contribution < -0.4 is 0 Å². The van der Waals surface area contributed by atoms with Crippen LogP contribution in [-0.2, 0) is 4.74 Å². The number of rotatable bonds is 2. The first-order valence-electron chi connectivity index (χ1n) is 9.37. The highest BCUT2D eigenvalue weighted by molar-refractivity contribution is 5.86. The largest absolute Gasteiger partial charge is 0.394 e. The molecule has 0 bridgehead atoms. The van der Waals surface area contributed by atoms with Gasteiger partial charge in [-0.1, -0.05) is 24.0 Å². The smallest absolute Gasteiger partial charge is 0.181 e. The molecule has 3 aromatic rings. The number of ether oxygens (including phenoxy) is 1. The second-order valence-electron chi connectivity index (χ2n) is 7.53. The maximum Gasteiger partial charge on any atom is 0.181 e. The second kappa shape index (κ2) is 7.23. The molecule has 0 saturated carbocycles. The second-order valence-corrected chi connectivity index (χ2v) is 7.53. The van der Waals surface area contributed by atoms with Crippen molar-refractivity contribution >= 4 is 11.0 Å². The first-order chi connectivity index (χ1) is 13.8. The third kappa shape index (κ3) is 3.29. The first kappa shape index (κ1) is 19.5. The van der Waals surface area contributed by atoms with E-state index in [0.717, 1.165) is 11.1 Å². The number of aliphatic hydroxyl groups is 2. The number of hydrogen-bond donors (Lipinski definition) is 2. The molecule has 0 unspecified atom stereocenters. The van der Waals surface area contributed by atoms with Gasteiger partial charge in [-0.15, -0.1) is 0 Å². The summed E-state index contributed by atoms with van der Waals surface area (Å²) in [6.45, 7) is 4.61. The van der Waals surface area contributed by atoms with Gasteiger partial charge in [0.15, 0.2) is 11.9 Å². The van der Waals surface area contributed by atoms with Gasteiger partial charge in [0.25, 0.3) is 0 Å². The zero-order chi connectivity index (χ0) is 20.8. The number of fused-ring (bicyclic) bond motifs is 1. The van der Waals surface area contributed by atoms with Crippen LogP contribution in [0, 0.1) is 25.7 Å². The summed E-state index contributed by atoms with van der Waals surface area (Å²) >= 11 is 0. The zero-order valence-corrected chi connectivity index (χ0v) is 16.4. The van der Waals surface area contributed by atoms with Gasteiger partial charge in [0, 0.05) is 11.8 Å². The van der Waals surface area contributed by atoms with Gasteiger partial charge in [-0.05, 0) is 38.5 Å². The Morgan fingerprint density at radius 3 is 2.76 bits per heavy atom. The third-order valence-corrected chi connectivity index (χ3v) is 5.31. The first-order valence-corrected chi connectivity index (χ1v) is 9.37. The molecule has 3 heterocycles. The molecule has 1 fully saturated rings. The number of alkyl halides is 1. The predicted octanol–water partition coefficient (Wildman–Crippen LogP) is 2.43. The normalized spacial score (nSPS) is 26.5. The zero-order valence-electron chi connectivity index (χ0n) is 16.4. The highest BCUT2D eigenvalue weighted by atomic mass is 19.1. The molecule has 0 spiro atoms. The van der Waals surface area contributed by atoms with Crippen LogP contribution in [0.15, 0.2) is 36.8 Å². The van der Waals surface area contributed by atoms with Crippen LogP contribution >= 0.6 is 0 Å². The van der Waals surface area contributed by atoms with Crippen molar-refractivity contribution < 1.29 is 19.3 Å². The summed E-state index contributed by atoms with van der Waals surface area (Å²) in [6, 6.07) is 7.84. The van der Waals surface area contributed by atoms with E-state index < -0.39 is 30.7 Å². The fourth-order valence-electron chi connectivity index (χ4n) is 3.74. The van der Waals surface area contributed by atoms with E-state index in [2.05, 4.69) is 21.8 Å². The average molecular weight is 395 g/mol. The Hall–Kier alpha value is -2.79. The number of benzene rings is 1. The van der Waals surface area contributed by atoms with Gasteiger partial charge in [0.1, 0.15) is 24.2 Å². The van der Waals surface area contributed by atoms with Crippen LogP contribution in [0.5, 0.6) is 0 Å². The quantitative estimate of drug-likeness (QED) is 0.652. The lowest BCUT2D eigenvalue weighted by Crippen LogP contribution is -2.40. The molecule has 0 radical (unpaired) electrons. The summed E-state index contributed by atoms with van der Waals surface area (Å²) in [4.78, 5) is 8.55. The molecule has 150 valence electrons. The van der Waals surface area contributed by atoms with E-state index in [1.807, 2.05) is 38.1 Å². The summed E-state index contributed by atoms with van der Waals surface area (Å²) in [6.07, 6.45) is -0.557. The van der Waals surface area contributed by atoms with E-state index in [0.29, 0.717) is 22.3 Å². The van der Waals surface area contributed by atoms with Crippen LogP contribution in [0.1, 0.15) is 35.5 Å². The SMILES string of the molecule is Cc1cccc(C#Cc2cn([C@@H]3O[C@H](CO)[C@@H](O)[C@@]3(C)F)c3ncnc(C)c23)c1. The van der Waals surface area contributed by atoms with Crippen LogP contribution in [-0.4, -0.2) is 49.2 Å². The molecular weight excluding hydrogens is 373 g/mol. The molecule has 29 heavy (non-hydrogen) atoms. The minimum Gasteiger partial charge on any atom is -0.394 e. The summed E-state index contributed by atoms with van der Waals surface area (Å²) in [7, 11) is 0. The summed E-state index contributed by atoms with van der Waals surface area (Å²) < 4.78 is 22.5. The highest BCUT2D eigenvalue weighted by Gasteiger charge is 2.55. The molecule has 4 rings (SSSR count). The van der Waals surface area contributed by atoms with Crippen molar-refractivity contribution in [2.24, 2.45) is 0 Å². The van der Waals surface area contributed by atoms with Crippen molar-refractivity contribution in [2.75, 3.05) is 6.61 Å². The van der Waals surface area contributed by atoms with Crippen molar-refractivity contribution in [2.45, 2.75) is 44.9 Å². The lowest BCUT2D eigenvalue weighted by atomic mass is 9.98. The van der Waals surface area contributed by atoms with Crippen LogP contribution in [0.25, 0.3) is 11.0 Å². The molecule has 1 saturated heterocycles. The van der Waals surface area contributed by atoms with E-state index >= 15 is 4.39 Å². The monoisotopic (exact) mass is 395 g/mol. The van der Waals surface area contributed by atoms with E-state index in [4.69, 9.17) is 4.74 Å². The third-order valence-electron chi connectivity index (χ3n) is 5.31. The maximum absolute atomic E-state index is 15.3. The van der Waals surface area contributed by atoms with E-state index in [9.17, 15) is 10.2 Å². The topological polar surface area (TPSA) is 80.4 Å². The van der Waals surface area contributed by atoms with Gasteiger partial charge in [-0.3, -0.25) is 0 Å². The molecule has 1 aliphatic rings. The number of hydrogen-bond acceptors (Lipinski definition) is 5. The Labute approximate surface area is 168 Å². The maximum atomic E-state index is 15.3. The average Bonchev–Trinajstić information content (AvgIpc) is 3.16. The van der Waals surface area contributed by atoms with Crippen LogP contribution in [0.4, 0.5) is 4.39 Å². The summed E-state index contributed by atoms with van der Waals surface area (Å²) in [5, 5.41) is 20.3. The van der Waals surface area contributed by atoms with E-state index in [-0.39, 0.29) is 0 Å². The Morgan fingerprint density at radius 2 is 2.07 bits per heavy atom. The van der Waals surface area contributed by atoms with Gasteiger partial charge in [0.05, 0.1) is 23.3 Å². The van der Waals surface area contributed by atoms with Gasteiger partial charge in [-0.25, -0.2) is 14.4 Å². The van der Waals surface area contributed by atoms with Crippen molar-refractivity contribution in [1.29, 1.82) is 0 Å². The van der Waals surface area contributed by atoms with Crippen LogP contribution in [0.3, 0.4) is 0 Å². The van der Waals surface area contributed by atoms with Crippen molar-refractivity contribution in [3.63, 3.8) is 0 Å². The number of aromatic nitrogens is 3. The standard InChI is InChI=1S/C22H22FN3O3/c1-13-5-4-6-15(9-13)7-8-16-10-26(20-18(16)14(2)24-12-25-20)21-22(3,23)19(28)17(11-27)29-21/h4-6,9-10,12,17,19,21,27-28H,11H2,1-3H3/t17-,19-,21-,22-/m1/s1. The fourth-order valence-corrected chi connectivity index (χ4v) is 3.74. The Kier molecular flexibility index (Phi) is 4.87. The molecule has 2 N–H and O–H groups in total. The Morgan fingerprint density at radius 1 is 1.28 bits per heavy atom. The lowest BCUT2D eigenvalue weighted by Gasteiger charge is -2.25. The fraction of sp³-hybridized carbons (Fsp3) is 0.364. The number of nitrogens with zero attached hydrogens (tertiary/aromatic N) is 3. The predicted molar refractivity (Wildman–Crippen MR) is 106 cm³/mol. The highest BCUT2D eigenvalue weighted by Crippen LogP contribution is 2.43. The van der Waals surface area contributed by atoms with Gasteiger partial charge in [0.2, 0.25) is 0 Å². The number of aryl methyl sites for hydroxylation is 2. The number of halogens is 1. The van der Waals surface area contributed by atoms with Gasteiger partial charge < -0.3 is 19.5 Å². The van der Waals surface area contributed by atoms with Gasteiger partial charge in [-0.2, -0.15) is 0 Å². The molecule has 4 atom stereocenters. The van der Waals surface area contributed by atoms with Crippen molar-refractivity contribution in [3.8, 4) is 11.8 Å². The molecule has 2 aromatic heterocycles. The molecule has 1 aromatic carbocycles. The summed E-state index contributed by atoms with van der Waals surface area (Å²) in [5.41, 5.74) is 1.67. The van der Waals surface area contributed by atoms with E-state index in [1.165, 1.54) is 17.8 Å². The molecule has 0 amide bonds. The lowest BCUT2D eigenvalue weighted by molar-refractivity contribution is -0.0564. The molecule has 6 nitrogen and oxygen atoms in total.